The van der Waals surface area contributed by atoms with Gasteiger partial charge in [-0.25, -0.2) is 0 Å². The monoisotopic (exact) mass is 627 g/mol. The number of nitrogen functional groups attached to an aromatic ring is 1. The first-order chi connectivity index (χ1) is 24.2. The van der Waals surface area contributed by atoms with Crippen LogP contribution in [0.4, 0.5) is 5.69 Å². The Balaban J connectivity index is 1.16. The van der Waals surface area contributed by atoms with E-state index in [1.165, 1.54) is 33.4 Å². The first kappa shape index (κ1) is 31.2. The van der Waals surface area contributed by atoms with Crippen molar-refractivity contribution in [1.29, 1.82) is 0 Å². The topological polar surface area (TPSA) is 26.0 Å². The molecule has 0 saturated carbocycles. The summed E-state index contributed by atoms with van der Waals surface area (Å²) < 4.78 is 0. The highest BCUT2D eigenvalue weighted by Gasteiger charge is 2.12. The van der Waals surface area contributed by atoms with Crippen molar-refractivity contribution < 1.29 is 0 Å². The van der Waals surface area contributed by atoms with Crippen molar-refractivity contribution in [2.75, 3.05) is 5.73 Å². The predicted octanol–water partition coefficient (Wildman–Crippen LogP) is 12.3. The fourth-order valence-corrected chi connectivity index (χ4v) is 6.24. The van der Waals surface area contributed by atoms with Gasteiger partial charge >= 0.3 is 0 Å². The van der Waals surface area contributed by atoms with Gasteiger partial charge in [-0.2, -0.15) is 0 Å². The molecule has 0 saturated heterocycles. The Morgan fingerprint density at radius 1 is 0.388 bits per heavy atom. The van der Waals surface area contributed by atoms with Crippen LogP contribution in [-0.2, 0) is 0 Å². The minimum Gasteiger partial charge on any atom is -0.398 e. The summed E-state index contributed by atoms with van der Waals surface area (Å²) >= 11 is 0. The van der Waals surface area contributed by atoms with Gasteiger partial charge in [-0.1, -0.05) is 200 Å². The number of hydrogen-bond acceptors (Lipinski definition) is 1. The van der Waals surface area contributed by atoms with Crippen molar-refractivity contribution in [3.05, 3.63) is 234 Å². The summed E-state index contributed by atoms with van der Waals surface area (Å²) in [5.74, 6) is 0. The Morgan fingerprint density at radius 3 is 1.35 bits per heavy atom. The van der Waals surface area contributed by atoms with Crippen molar-refractivity contribution in [3.63, 3.8) is 0 Å². The van der Waals surface area contributed by atoms with E-state index in [1.807, 2.05) is 12.1 Å². The minimum absolute atomic E-state index is 0.763. The molecule has 1 nitrogen and oxygen atoms in total. The van der Waals surface area contributed by atoms with E-state index in [9.17, 15) is 0 Å². The van der Waals surface area contributed by atoms with E-state index >= 15 is 0 Å². The molecule has 0 heterocycles. The fraction of sp³-hybridized carbons (Fsp3) is 0. The van der Waals surface area contributed by atoms with E-state index in [2.05, 4.69) is 200 Å². The van der Waals surface area contributed by atoms with Crippen molar-refractivity contribution in [2.24, 2.45) is 0 Å². The van der Waals surface area contributed by atoms with Crippen LogP contribution in [-0.4, -0.2) is 0 Å². The van der Waals surface area contributed by atoms with Gasteiger partial charge < -0.3 is 5.73 Å². The third-order valence-corrected chi connectivity index (χ3v) is 8.72. The molecule has 0 aliphatic heterocycles. The standard InChI is InChI=1S/C48H37N/c49-47-26-14-25-45(42-31-29-37(30-32-42)35-46(40-20-9-3-10-21-40)41-22-11-4-12-23-41)48(47)43-33-27-36(28-34-43)15-13-24-44(38-16-5-1-6-17-38)39-18-7-2-8-19-39/h1-35H,49H2. The number of anilines is 1. The average molecular weight is 628 g/mol. The Morgan fingerprint density at radius 2 is 0.837 bits per heavy atom. The summed E-state index contributed by atoms with van der Waals surface area (Å²) in [5, 5.41) is 0. The third kappa shape index (κ3) is 7.43. The lowest BCUT2D eigenvalue weighted by atomic mass is 9.91. The lowest BCUT2D eigenvalue weighted by molar-refractivity contribution is 1.54. The predicted molar refractivity (Wildman–Crippen MR) is 211 cm³/mol. The molecule has 7 aromatic carbocycles. The van der Waals surface area contributed by atoms with E-state index in [-0.39, 0.29) is 0 Å². The zero-order chi connectivity index (χ0) is 33.3. The molecule has 49 heavy (non-hydrogen) atoms. The van der Waals surface area contributed by atoms with E-state index < -0.39 is 0 Å². The number of allylic oxidation sites excluding steroid dienone is 2. The molecule has 0 aliphatic rings. The Bertz CT molecular complexity index is 2130. The molecule has 2 N–H and O–H groups in total. The molecule has 0 atom stereocenters. The highest BCUT2D eigenvalue weighted by atomic mass is 14.6. The normalized spacial score (nSPS) is 10.9. The first-order valence-corrected chi connectivity index (χ1v) is 16.6. The van der Waals surface area contributed by atoms with Gasteiger partial charge in [0, 0.05) is 11.3 Å². The average Bonchev–Trinajstić information content (AvgIpc) is 3.17. The van der Waals surface area contributed by atoms with Gasteiger partial charge in [-0.15, -0.1) is 0 Å². The molecule has 0 amide bonds. The SMILES string of the molecule is Nc1cccc(-c2ccc(C=C(c3ccccc3)c3ccccc3)cc2)c1-c1ccc(C=CC=C(c2ccccc2)c2ccccc2)cc1. The van der Waals surface area contributed by atoms with Gasteiger partial charge in [0.1, 0.15) is 0 Å². The van der Waals surface area contributed by atoms with Gasteiger partial charge in [0.15, 0.2) is 0 Å². The second kappa shape index (κ2) is 15.0. The first-order valence-electron chi connectivity index (χ1n) is 16.6. The van der Waals surface area contributed by atoms with E-state index in [0.29, 0.717) is 0 Å². The molecule has 7 aromatic rings. The number of rotatable bonds is 9. The molecular weight excluding hydrogens is 591 g/mol. The summed E-state index contributed by atoms with van der Waals surface area (Å²) in [6.45, 7) is 0. The highest BCUT2D eigenvalue weighted by Crippen LogP contribution is 2.37. The number of hydrogen-bond donors (Lipinski definition) is 1. The molecule has 0 fully saturated rings. The molecule has 0 bridgehead atoms. The van der Waals surface area contributed by atoms with E-state index in [0.717, 1.165) is 39.1 Å². The Kier molecular flexibility index (Phi) is 9.53. The van der Waals surface area contributed by atoms with Crippen molar-refractivity contribution >= 4 is 29.0 Å². The third-order valence-electron chi connectivity index (χ3n) is 8.72. The highest BCUT2D eigenvalue weighted by molar-refractivity contribution is 5.93. The summed E-state index contributed by atoms with van der Waals surface area (Å²) in [5.41, 5.74) is 21.2. The smallest absolute Gasteiger partial charge is 0.0400 e. The summed E-state index contributed by atoms with van der Waals surface area (Å²) in [6, 6.07) is 65.7. The largest absolute Gasteiger partial charge is 0.398 e. The lowest BCUT2D eigenvalue weighted by Gasteiger charge is -2.14. The second-order valence-corrected chi connectivity index (χ2v) is 12.0. The van der Waals surface area contributed by atoms with Crippen LogP contribution in [0.2, 0.25) is 0 Å². The molecule has 0 aromatic heterocycles. The van der Waals surface area contributed by atoms with Crippen molar-refractivity contribution in [2.45, 2.75) is 0 Å². The Labute approximate surface area is 289 Å². The van der Waals surface area contributed by atoms with Crippen LogP contribution in [0.15, 0.2) is 200 Å². The molecule has 1 heteroatoms. The van der Waals surface area contributed by atoms with Gasteiger partial charge in [0.25, 0.3) is 0 Å². The fourth-order valence-electron chi connectivity index (χ4n) is 6.24. The minimum atomic E-state index is 0.763. The van der Waals surface area contributed by atoms with Gasteiger partial charge in [0.05, 0.1) is 0 Å². The lowest BCUT2D eigenvalue weighted by Crippen LogP contribution is -1.94. The molecule has 234 valence electrons. The molecule has 0 unspecified atom stereocenters. The maximum Gasteiger partial charge on any atom is 0.0400 e. The summed E-state index contributed by atoms with van der Waals surface area (Å²) in [7, 11) is 0. The molecule has 0 spiro atoms. The molecule has 0 aliphatic carbocycles. The van der Waals surface area contributed by atoms with Crippen molar-refractivity contribution in [1.82, 2.24) is 0 Å². The maximum absolute atomic E-state index is 6.65. The Hall–Kier alpha value is -6.44. The second-order valence-electron chi connectivity index (χ2n) is 12.0. The van der Waals surface area contributed by atoms with Crippen LogP contribution in [0.1, 0.15) is 33.4 Å². The van der Waals surface area contributed by atoms with Crippen LogP contribution >= 0.6 is 0 Å². The summed E-state index contributed by atoms with van der Waals surface area (Å²) in [4.78, 5) is 0. The number of nitrogens with two attached hydrogens (primary N) is 1. The number of benzene rings is 7. The molecule has 0 radical (unpaired) electrons. The molecular formula is C48H37N. The van der Waals surface area contributed by atoms with Crippen LogP contribution < -0.4 is 5.73 Å². The zero-order valence-corrected chi connectivity index (χ0v) is 27.3. The molecule has 7 rings (SSSR count). The quantitative estimate of drug-likeness (QED) is 0.0962. The van der Waals surface area contributed by atoms with Crippen LogP contribution in [0, 0.1) is 0 Å². The van der Waals surface area contributed by atoms with Gasteiger partial charge in [-0.05, 0) is 73.4 Å². The van der Waals surface area contributed by atoms with Gasteiger partial charge in [-0.3, -0.25) is 0 Å². The van der Waals surface area contributed by atoms with Crippen LogP contribution in [0.3, 0.4) is 0 Å². The summed E-state index contributed by atoms with van der Waals surface area (Å²) in [6.07, 6.45) is 8.73. The van der Waals surface area contributed by atoms with Crippen molar-refractivity contribution in [3.8, 4) is 22.3 Å². The van der Waals surface area contributed by atoms with E-state index in [1.54, 1.807) is 0 Å². The van der Waals surface area contributed by atoms with E-state index in [4.69, 9.17) is 5.73 Å². The van der Waals surface area contributed by atoms with Crippen LogP contribution in [0.5, 0.6) is 0 Å². The van der Waals surface area contributed by atoms with Crippen LogP contribution in [0.25, 0.3) is 45.6 Å². The zero-order valence-electron chi connectivity index (χ0n) is 27.3. The van der Waals surface area contributed by atoms with Gasteiger partial charge in [0.2, 0.25) is 0 Å². The maximum atomic E-state index is 6.65.